The highest BCUT2D eigenvalue weighted by atomic mass is 32.1. The Balaban J connectivity index is 1.72. The first-order chi connectivity index (χ1) is 12.6. The standard InChI is InChI=1S/C18H14FN3O3S/c19-13-4-2-1-3-11(13)9-22-7-6-21-10-12(17-20-5-8-26-17)15(23)16(24)14(21)18(22)25/h1-5,8,10,24H,6-7,9H2. The largest absolute Gasteiger partial charge is 0.503 e. The first-order valence-corrected chi connectivity index (χ1v) is 8.83. The van der Waals surface area contributed by atoms with E-state index in [9.17, 15) is 19.1 Å². The summed E-state index contributed by atoms with van der Waals surface area (Å²) in [7, 11) is 0. The maximum absolute atomic E-state index is 13.9. The number of halogens is 1. The molecule has 0 bridgehead atoms. The minimum absolute atomic E-state index is 0.0714. The van der Waals surface area contributed by atoms with Crippen LogP contribution in [0.3, 0.4) is 0 Å². The molecule has 6 nitrogen and oxygen atoms in total. The lowest BCUT2D eigenvalue weighted by atomic mass is 10.1. The van der Waals surface area contributed by atoms with Crippen LogP contribution in [0, 0.1) is 5.82 Å². The third-order valence-electron chi connectivity index (χ3n) is 4.34. The summed E-state index contributed by atoms with van der Waals surface area (Å²) in [5.41, 5.74) is -0.0580. The van der Waals surface area contributed by atoms with Crippen molar-refractivity contribution >= 4 is 17.2 Å². The molecule has 0 unspecified atom stereocenters. The topological polar surface area (TPSA) is 75.4 Å². The Kier molecular flexibility index (Phi) is 4.04. The number of amides is 1. The molecule has 0 atom stereocenters. The van der Waals surface area contributed by atoms with E-state index in [1.54, 1.807) is 40.5 Å². The summed E-state index contributed by atoms with van der Waals surface area (Å²) in [5.74, 6) is -1.49. The fraction of sp³-hybridized carbons (Fsp3) is 0.167. The molecule has 0 fully saturated rings. The van der Waals surface area contributed by atoms with Gasteiger partial charge in [0.25, 0.3) is 5.91 Å². The van der Waals surface area contributed by atoms with E-state index in [4.69, 9.17) is 0 Å². The molecule has 4 rings (SSSR count). The molecule has 132 valence electrons. The van der Waals surface area contributed by atoms with E-state index in [-0.39, 0.29) is 17.8 Å². The number of nitrogens with zero attached hydrogens (tertiary/aromatic N) is 3. The van der Waals surface area contributed by atoms with Gasteiger partial charge in [-0.15, -0.1) is 11.3 Å². The van der Waals surface area contributed by atoms with Crippen molar-refractivity contribution in [1.82, 2.24) is 14.5 Å². The van der Waals surface area contributed by atoms with Gasteiger partial charge >= 0.3 is 0 Å². The number of pyridine rings is 1. The van der Waals surface area contributed by atoms with Crippen LogP contribution in [-0.2, 0) is 13.1 Å². The molecule has 26 heavy (non-hydrogen) atoms. The van der Waals surface area contributed by atoms with Crippen molar-refractivity contribution in [2.75, 3.05) is 6.54 Å². The first kappa shape index (κ1) is 16.5. The predicted octanol–water partition coefficient (Wildman–Crippen LogP) is 2.47. The number of rotatable bonds is 3. The molecule has 1 aliphatic rings. The molecule has 3 aromatic rings. The Morgan fingerprint density at radius 2 is 2.04 bits per heavy atom. The third-order valence-corrected chi connectivity index (χ3v) is 5.14. The van der Waals surface area contributed by atoms with Crippen LogP contribution in [0.1, 0.15) is 16.1 Å². The minimum atomic E-state index is -0.632. The molecule has 0 spiro atoms. The molecular formula is C18H14FN3O3S. The van der Waals surface area contributed by atoms with Crippen molar-refractivity contribution in [2.24, 2.45) is 0 Å². The fourth-order valence-corrected chi connectivity index (χ4v) is 3.67. The van der Waals surface area contributed by atoms with E-state index in [2.05, 4.69) is 4.98 Å². The highest BCUT2D eigenvalue weighted by molar-refractivity contribution is 7.13. The van der Waals surface area contributed by atoms with Crippen molar-refractivity contribution in [3.8, 4) is 16.3 Å². The summed E-state index contributed by atoms with van der Waals surface area (Å²) in [6.07, 6.45) is 3.12. The van der Waals surface area contributed by atoms with Gasteiger partial charge in [0.15, 0.2) is 11.4 Å². The van der Waals surface area contributed by atoms with Crippen LogP contribution >= 0.6 is 11.3 Å². The first-order valence-electron chi connectivity index (χ1n) is 7.95. The van der Waals surface area contributed by atoms with E-state index < -0.39 is 22.9 Å². The van der Waals surface area contributed by atoms with Crippen LogP contribution in [0.5, 0.6) is 5.75 Å². The smallest absolute Gasteiger partial charge is 0.274 e. The average Bonchev–Trinajstić information content (AvgIpc) is 3.16. The van der Waals surface area contributed by atoms with Gasteiger partial charge in [0.05, 0.1) is 5.56 Å². The zero-order valence-corrected chi connectivity index (χ0v) is 14.4. The highest BCUT2D eigenvalue weighted by Crippen LogP contribution is 2.26. The van der Waals surface area contributed by atoms with Crippen molar-refractivity contribution in [2.45, 2.75) is 13.1 Å². The molecule has 0 saturated carbocycles. The molecule has 2 aromatic heterocycles. The van der Waals surface area contributed by atoms with Crippen molar-refractivity contribution in [1.29, 1.82) is 0 Å². The lowest BCUT2D eigenvalue weighted by molar-refractivity contribution is 0.0681. The van der Waals surface area contributed by atoms with Gasteiger partial charge in [-0.1, -0.05) is 18.2 Å². The van der Waals surface area contributed by atoms with Gasteiger partial charge in [0, 0.05) is 43.0 Å². The van der Waals surface area contributed by atoms with Gasteiger partial charge in [0.2, 0.25) is 5.43 Å². The van der Waals surface area contributed by atoms with Crippen molar-refractivity contribution < 1.29 is 14.3 Å². The Morgan fingerprint density at radius 1 is 1.23 bits per heavy atom. The quantitative estimate of drug-likeness (QED) is 0.767. The summed E-state index contributed by atoms with van der Waals surface area (Å²) >= 11 is 1.28. The molecule has 0 saturated heterocycles. The number of aromatic nitrogens is 2. The second-order valence-electron chi connectivity index (χ2n) is 5.92. The van der Waals surface area contributed by atoms with Crippen LogP contribution in [0.4, 0.5) is 4.39 Å². The van der Waals surface area contributed by atoms with Crippen molar-refractivity contribution in [3.05, 3.63) is 69.3 Å². The Morgan fingerprint density at radius 3 is 2.77 bits per heavy atom. The van der Waals surface area contributed by atoms with Crippen LogP contribution in [0.15, 0.2) is 46.8 Å². The molecule has 0 aliphatic carbocycles. The highest BCUT2D eigenvalue weighted by Gasteiger charge is 2.30. The average molecular weight is 371 g/mol. The van der Waals surface area contributed by atoms with Gasteiger partial charge < -0.3 is 14.6 Å². The van der Waals surface area contributed by atoms with Gasteiger partial charge in [-0.05, 0) is 6.07 Å². The maximum Gasteiger partial charge on any atom is 0.274 e. The lowest BCUT2D eigenvalue weighted by Gasteiger charge is -2.30. The SMILES string of the molecule is O=C1c2c(O)c(=O)c(-c3nccs3)cn2CCN1Cc1ccccc1F. The molecular weight excluding hydrogens is 357 g/mol. The normalized spacial score (nSPS) is 13.7. The van der Waals surface area contributed by atoms with Crippen LogP contribution in [0.25, 0.3) is 10.6 Å². The maximum atomic E-state index is 13.9. The molecule has 8 heteroatoms. The second-order valence-corrected chi connectivity index (χ2v) is 6.81. The number of hydrogen-bond donors (Lipinski definition) is 1. The summed E-state index contributed by atoms with van der Waals surface area (Å²) < 4.78 is 15.4. The van der Waals surface area contributed by atoms with E-state index in [0.29, 0.717) is 23.7 Å². The zero-order chi connectivity index (χ0) is 18.3. The zero-order valence-electron chi connectivity index (χ0n) is 13.6. The monoisotopic (exact) mass is 371 g/mol. The van der Waals surface area contributed by atoms with Crippen LogP contribution in [0.2, 0.25) is 0 Å². The summed E-state index contributed by atoms with van der Waals surface area (Å²) in [6.45, 7) is 0.814. The van der Waals surface area contributed by atoms with Gasteiger partial charge in [0.1, 0.15) is 10.8 Å². The van der Waals surface area contributed by atoms with E-state index >= 15 is 0 Å². The van der Waals surface area contributed by atoms with Crippen LogP contribution in [-0.4, -0.2) is 32.0 Å². The van der Waals surface area contributed by atoms with Gasteiger partial charge in [-0.3, -0.25) is 9.59 Å². The lowest BCUT2D eigenvalue weighted by Crippen LogP contribution is -2.41. The number of carbonyl (C=O) groups is 1. The van der Waals surface area contributed by atoms with Crippen LogP contribution < -0.4 is 5.43 Å². The number of aromatic hydroxyl groups is 1. The van der Waals surface area contributed by atoms with Gasteiger partial charge in [-0.25, -0.2) is 9.37 Å². The number of benzene rings is 1. The Labute approximate surface area is 151 Å². The Hall–Kier alpha value is -3.00. The fourth-order valence-electron chi connectivity index (χ4n) is 3.02. The molecule has 0 radical (unpaired) electrons. The van der Waals surface area contributed by atoms with Gasteiger partial charge in [-0.2, -0.15) is 0 Å². The summed E-state index contributed by atoms with van der Waals surface area (Å²) in [6, 6.07) is 6.22. The molecule has 1 N–H and O–H groups in total. The number of thiazole rings is 1. The Bertz CT molecular complexity index is 1050. The summed E-state index contributed by atoms with van der Waals surface area (Å²) in [5, 5.41) is 12.6. The molecule has 1 aromatic carbocycles. The third kappa shape index (κ3) is 2.68. The molecule has 1 amide bonds. The number of fused-ring (bicyclic) bond motifs is 1. The van der Waals surface area contributed by atoms with E-state index in [1.807, 2.05) is 0 Å². The number of hydrogen-bond acceptors (Lipinski definition) is 5. The second kappa shape index (κ2) is 6.38. The predicted molar refractivity (Wildman–Crippen MR) is 94.6 cm³/mol. The van der Waals surface area contributed by atoms with Crippen molar-refractivity contribution in [3.63, 3.8) is 0 Å². The molecule has 1 aliphatic heterocycles. The minimum Gasteiger partial charge on any atom is -0.503 e. The number of carbonyl (C=O) groups excluding carboxylic acids is 1. The van der Waals surface area contributed by atoms with E-state index in [0.717, 1.165) is 0 Å². The molecule has 3 heterocycles. The summed E-state index contributed by atoms with van der Waals surface area (Å²) in [4.78, 5) is 30.8. The van der Waals surface area contributed by atoms with E-state index in [1.165, 1.54) is 22.3 Å².